The molecule has 1 atom stereocenters. The minimum absolute atomic E-state index is 0.297. The van der Waals surface area contributed by atoms with Crippen LogP contribution in [0.25, 0.3) is 10.8 Å². The van der Waals surface area contributed by atoms with Gasteiger partial charge in [0.15, 0.2) is 6.10 Å². The predicted molar refractivity (Wildman–Crippen MR) is 68.2 cm³/mol. The molecule has 0 saturated carbocycles. The maximum absolute atomic E-state index is 11.5. The molecule has 0 bridgehead atoms. The first-order chi connectivity index (χ1) is 8.78. The van der Waals surface area contributed by atoms with Crippen LogP contribution in [0, 0.1) is 0 Å². The highest BCUT2D eigenvalue weighted by Gasteiger charge is 2.26. The summed E-state index contributed by atoms with van der Waals surface area (Å²) in [5.74, 6) is -0.297. The van der Waals surface area contributed by atoms with Crippen LogP contribution in [0.15, 0.2) is 36.4 Å². The van der Waals surface area contributed by atoms with E-state index in [1.54, 1.807) is 0 Å². The van der Waals surface area contributed by atoms with E-state index in [9.17, 15) is 4.79 Å². The average Bonchev–Trinajstić information content (AvgIpc) is 2.43. The molecular formula is C15H14O3. The van der Waals surface area contributed by atoms with Crippen molar-refractivity contribution in [3.8, 4) is 0 Å². The molecule has 3 rings (SSSR count). The number of esters is 1. The van der Waals surface area contributed by atoms with Gasteiger partial charge in [0.25, 0.3) is 0 Å². The molecule has 3 heteroatoms. The van der Waals surface area contributed by atoms with Gasteiger partial charge in [-0.1, -0.05) is 30.3 Å². The van der Waals surface area contributed by atoms with Crippen molar-refractivity contribution in [3.63, 3.8) is 0 Å². The van der Waals surface area contributed by atoms with Gasteiger partial charge >= 0.3 is 5.97 Å². The maximum Gasteiger partial charge on any atom is 0.335 e. The standard InChI is InChI=1S/C15H14O3/c1-17-15(16)14-8-12-6-10-4-2-3-5-11(10)7-13(12)9-18-14/h2-7,14H,8-9H2,1H3/t14-/m1/s1. The van der Waals surface area contributed by atoms with Crippen LogP contribution in [0.2, 0.25) is 0 Å². The zero-order chi connectivity index (χ0) is 12.5. The summed E-state index contributed by atoms with van der Waals surface area (Å²) in [6, 6.07) is 12.5. The van der Waals surface area contributed by atoms with Crippen molar-refractivity contribution in [1.82, 2.24) is 0 Å². The lowest BCUT2D eigenvalue weighted by atomic mass is 9.95. The summed E-state index contributed by atoms with van der Waals surface area (Å²) in [5.41, 5.74) is 2.34. The molecule has 1 aliphatic rings. The number of fused-ring (bicyclic) bond motifs is 2. The summed E-state index contributed by atoms with van der Waals surface area (Å²) in [5, 5.41) is 2.40. The largest absolute Gasteiger partial charge is 0.467 e. The molecule has 0 radical (unpaired) electrons. The van der Waals surface area contributed by atoms with E-state index in [0.717, 1.165) is 5.56 Å². The van der Waals surface area contributed by atoms with E-state index >= 15 is 0 Å². The van der Waals surface area contributed by atoms with Crippen molar-refractivity contribution in [2.75, 3.05) is 7.11 Å². The van der Waals surface area contributed by atoms with Gasteiger partial charge in [0.05, 0.1) is 13.7 Å². The highest BCUT2D eigenvalue weighted by molar-refractivity contribution is 5.84. The lowest BCUT2D eigenvalue weighted by Crippen LogP contribution is -2.31. The number of rotatable bonds is 1. The average molecular weight is 242 g/mol. The monoisotopic (exact) mass is 242 g/mol. The number of ether oxygens (including phenoxy) is 2. The van der Waals surface area contributed by atoms with Crippen LogP contribution < -0.4 is 0 Å². The molecule has 0 saturated heterocycles. The van der Waals surface area contributed by atoms with Gasteiger partial charge in [0.2, 0.25) is 0 Å². The Labute approximate surface area is 105 Å². The zero-order valence-electron chi connectivity index (χ0n) is 10.2. The minimum Gasteiger partial charge on any atom is -0.467 e. The Bertz CT molecular complexity index is 604. The fourth-order valence-electron chi connectivity index (χ4n) is 2.39. The molecule has 1 heterocycles. The minimum atomic E-state index is -0.469. The topological polar surface area (TPSA) is 35.5 Å². The van der Waals surface area contributed by atoms with Gasteiger partial charge in [-0.3, -0.25) is 0 Å². The molecule has 1 aliphatic heterocycles. The van der Waals surface area contributed by atoms with Gasteiger partial charge in [-0.05, 0) is 28.0 Å². The Balaban J connectivity index is 2.00. The molecule has 0 spiro atoms. The van der Waals surface area contributed by atoms with Crippen LogP contribution >= 0.6 is 0 Å². The molecule has 2 aromatic carbocycles. The van der Waals surface area contributed by atoms with Gasteiger partial charge in [0.1, 0.15) is 0 Å². The molecule has 0 N–H and O–H groups in total. The summed E-state index contributed by atoms with van der Waals surface area (Å²) in [6.45, 7) is 0.472. The zero-order valence-corrected chi connectivity index (χ0v) is 10.2. The number of hydrogen-bond donors (Lipinski definition) is 0. The number of methoxy groups -OCH3 is 1. The van der Waals surface area contributed by atoms with Crippen LogP contribution in [-0.4, -0.2) is 19.2 Å². The Kier molecular flexibility index (Phi) is 2.76. The van der Waals surface area contributed by atoms with Crippen LogP contribution in [0.4, 0.5) is 0 Å². The van der Waals surface area contributed by atoms with E-state index in [4.69, 9.17) is 9.47 Å². The second-order valence-corrected chi connectivity index (χ2v) is 4.49. The Morgan fingerprint density at radius 3 is 2.56 bits per heavy atom. The van der Waals surface area contributed by atoms with E-state index in [1.165, 1.54) is 23.4 Å². The first-order valence-corrected chi connectivity index (χ1v) is 5.98. The normalized spacial score (nSPS) is 18.4. The third kappa shape index (κ3) is 1.87. The number of benzene rings is 2. The van der Waals surface area contributed by atoms with E-state index in [0.29, 0.717) is 13.0 Å². The molecule has 0 amide bonds. The van der Waals surface area contributed by atoms with Gasteiger partial charge in [-0.25, -0.2) is 4.79 Å². The highest BCUT2D eigenvalue weighted by Crippen LogP contribution is 2.26. The lowest BCUT2D eigenvalue weighted by Gasteiger charge is -2.23. The molecule has 0 fully saturated rings. The molecule has 18 heavy (non-hydrogen) atoms. The third-order valence-corrected chi connectivity index (χ3v) is 3.38. The van der Waals surface area contributed by atoms with Crippen molar-refractivity contribution in [3.05, 3.63) is 47.5 Å². The first-order valence-electron chi connectivity index (χ1n) is 5.98. The van der Waals surface area contributed by atoms with Gasteiger partial charge < -0.3 is 9.47 Å². The molecular weight excluding hydrogens is 228 g/mol. The fourth-order valence-corrected chi connectivity index (χ4v) is 2.39. The van der Waals surface area contributed by atoms with Crippen molar-refractivity contribution < 1.29 is 14.3 Å². The van der Waals surface area contributed by atoms with Crippen molar-refractivity contribution in [2.24, 2.45) is 0 Å². The SMILES string of the molecule is COC(=O)[C@H]1Cc2cc3ccccc3cc2CO1. The Morgan fingerprint density at radius 2 is 1.89 bits per heavy atom. The van der Waals surface area contributed by atoms with E-state index in [-0.39, 0.29) is 5.97 Å². The molecule has 0 aromatic heterocycles. The number of carbonyl (C=O) groups excluding carboxylic acids is 1. The molecule has 3 nitrogen and oxygen atoms in total. The van der Waals surface area contributed by atoms with Crippen molar-refractivity contribution in [2.45, 2.75) is 19.1 Å². The summed E-state index contributed by atoms with van der Waals surface area (Å²) < 4.78 is 10.3. The lowest BCUT2D eigenvalue weighted by molar-refractivity contribution is -0.155. The maximum atomic E-state index is 11.5. The summed E-state index contributed by atoms with van der Waals surface area (Å²) in [7, 11) is 1.39. The van der Waals surface area contributed by atoms with Crippen LogP contribution in [-0.2, 0) is 27.3 Å². The molecule has 2 aromatic rings. The van der Waals surface area contributed by atoms with Crippen molar-refractivity contribution >= 4 is 16.7 Å². The molecule has 92 valence electrons. The van der Waals surface area contributed by atoms with Crippen LogP contribution in [0.1, 0.15) is 11.1 Å². The third-order valence-electron chi connectivity index (χ3n) is 3.38. The number of carbonyl (C=O) groups is 1. The molecule has 0 aliphatic carbocycles. The highest BCUT2D eigenvalue weighted by atomic mass is 16.6. The second-order valence-electron chi connectivity index (χ2n) is 4.49. The van der Waals surface area contributed by atoms with E-state index < -0.39 is 6.10 Å². The second kappa shape index (κ2) is 4.42. The summed E-state index contributed by atoms with van der Waals surface area (Å²) in [6.07, 6.45) is 0.121. The predicted octanol–water partition coefficient (Wildman–Crippen LogP) is 2.45. The number of hydrogen-bond acceptors (Lipinski definition) is 3. The fraction of sp³-hybridized carbons (Fsp3) is 0.267. The Morgan fingerprint density at radius 1 is 1.22 bits per heavy atom. The van der Waals surface area contributed by atoms with Crippen molar-refractivity contribution in [1.29, 1.82) is 0 Å². The van der Waals surface area contributed by atoms with E-state index in [2.05, 4.69) is 24.3 Å². The van der Waals surface area contributed by atoms with Gasteiger partial charge in [-0.2, -0.15) is 0 Å². The smallest absolute Gasteiger partial charge is 0.335 e. The quantitative estimate of drug-likeness (QED) is 0.720. The van der Waals surface area contributed by atoms with Crippen LogP contribution in [0.5, 0.6) is 0 Å². The summed E-state index contributed by atoms with van der Waals surface area (Å²) >= 11 is 0. The van der Waals surface area contributed by atoms with Gasteiger partial charge in [-0.15, -0.1) is 0 Å². The van der Waals surface area contributed by atoms with Gasteiger partial charge in [0, 0.05) is 6.42 Å². The van der Waals surface area contributed by atoms with Crippen LogP contribution in [0.3, 0.4) is 0 Å². The Hall–Kier alpha value is -1.87. The summed E-state index contributed by atoms with van der Waals surface area (Å²) in [4.78, 5) is 11.5. The molecule has 0 unspecified atom stereocenters. The van der Waals surface area contributed by atoms with E-state index in [1.807, 2.05) is 12.1 Å². The first kappa shape index (κ1) is 11.2.